The van der Waals surface area contributed by atoms with Crippen LogP contribution in [0, 0.1) is 5.92 Å². The summed E-state index contributed by atoms with van der Waals surface area (Å²) in [4.78, 5) is 12.3. The quantitative estimate of drug-likeness (QED) is 0.853. The highest BCUT2D eigenvalue weighted by molar-refractivity contribution is 5.89. The standard InChI is InChI=1S/C16H26N2O2/c1-4-12-6-5-7-14(8-12)20-16(19)15-9-13(17)10-18(15)11(2)3/h9-12,14H,4-8,17H2,1-3H3. The van der Waals surface area contributed by atoms with Crippen LogP contribution < -0.4 is 5.73 Å². The van der Waals surface area contributed by atoms with Crippen molar-refractivity contribution in [2.75, 3.05) is 5.73 Å². The first-order valence-electron chi connectivity index (χ1n) is 7.69. The van der Waals surface area contributed by atoms with E-state index in [0.717, 1.165) is 19.3 Å². The summed E-state index contributed by atoms with van der Waals surface area (Å²) in [6.07, 6.45) is 7.45. The van der Waals surface area contributed by atoms with Crippen LogP contribution in [0.4, 0.5) is 5.69 Å². The molecule has 1 aliphatic carbocycles. The van der Waals surface area contributed by atoms with Gasteiger partial charge >= 0.3 is 5.97 Å². The maximum Gasteiger partial charge on any atom is 0.355 e. The summed E-state index contributed by atoms with van der Waals surface area (Å²) in [6, 6.07) is 1.91. The monoisotopic (exact) mass is 278 g/mol. The zero-order chi connectivity index (χ0) is 14.7. The van der Waals surface area contributed by atoms with Gasteiger partial charge in [0.15, 0.2) is 0 Å². The molecule has 0 bridgehead atoms. The van der Waals surface area contributed by atoms with Gasteiger partial charge in [0, 0.05) is 12.2 Å². The second kappa shape index (κ2) is 6.33. The van der Waals surface area contributed by atoms with E-state index >= 15 is 0 Å². The maximum atomic E-state index is 12.3. The summed E-state index contributed by atoms with van der Waals surface area (Å²) >= 11 is 0. The van der Waals surface area contributed by atoms with Crippen LogP contribution in [0.25, 0.3) is 0 Å². The fourth-order valence-corrected chi connectivity index (χ4v) is 3.02. The second-order valence-corrected chi connectivity index (χ2v) is 6.13. The third kappa shape index (κ3) is 3.35. The number of rotatable bonds is 4. The molecule has 2 rings (SSSR count). The molecule has 0 amide bonds. The molecule has 0 spiro atoms. The SMILES string of the molecule is CCC1CCCC(OC(=O)c2cc(N)cn2C(C)C)C1. The molecule has 0 aromatic carbocycles. The van der Waals surface area contributed by atoms with E-state index in [1.165, 1.54) is 12.8 Å². The third-order valence-corrected chi connectivity index (χ3v) is 4.22. The summed E-state index contributed by atoms with van der Waals surface area (Å²) in [5.41, 5.74) is 6.98. The van der Waals surface area contributed by atoms with Crippen molar-refractivity contribution >= 4 is 11.7 Å². The number of nitrogen functional groups attached to an aromatic ring is 1. The fourth-order valence-electron chi connectivity index (χ4n) is 3.02. The van der Waals surface area contributed by atoms with Crippen LogP contribution in [-0.2, 0) is 4.74 Å². The summed E-state index contributed by atoms with van der Waals surface area (Å²) < 4.78 is 7.58. The molecule has 0 aliphatic heterocycles. The fraction of sp³-hybridized carbons (Fsp3) is 0.688. The van der Waals surface area contributed by atoms with E-state index < -0.39 is 0 Å². The van der Waals surface area contributed by atoms with Crippen LogP contribution in [-0.4, -0.2) is 16.6 Å². The van der Waals surface area contributed by atoms with E-state index in [2.05, 4.69) is 6.92 Å². The van der Waals surface area contributed by atoms with Gasteiger partial charge in [-0.2, -0.15) is 0 Å². The van der Waals surface area contributed by atoms with E-state index in [9.17, 15) is 4.79 Å². The Morgan fingerprint density at radius 2 is 2.25 bits per heavy atom. The van der Waals surface area contributed by atoms with Crippen LogP contribution in [0.15, 0.2) is 12.3 Å². The van der Waals surface area contributed by atoms with Gasteiger partial charge in [-0.15, -0.1) is 0 Å². The smallest absolute Gasteiger partial charge is 0.355 e. The van der Waals surface area contributed by atoms with E-state index in [-0.39, 0.29) is 18.1 Å². The molecule has 0 radical (unpaired) electrons. The lowest BCUT2D eigenvalue weighted by Crippen LogP contribution is -2.26. The van der Waals surface area contributed by atoms with Crippen LogP contribution in [0.5, 0.6) is 0 Å². The lowest BCUT2D eigenvalue weighted by Gasteiger charge is -2.28. The van der Waals surface area contributed by atoms with Crippen molar-refractivity contribution in [1.82, 2.24) is 4.57 Å². The van der Waals surface area contributed by atoms with Crippen LogP contribution >= 0.6 is 0 Å². The van der Waals surface area contributed by atoms with Gasteiger partial charge in [0.05, 0.1) is 5.69 Å². The van der Waals surface area contributed by atoms with Gasteiger partial charge in [-0.3, -0.25) is 0 Å². The molecule has 2 N–H and O–H groups in total. The summed E-state index contributed by atoms with van der Waals surface area (Å²) in [6.45, 7) is 6.27. The van der Waals surface area contributed by atoms with Gasteiger partial charge in [0.1, 0.15) is 11.8 Å². The minimum atomic E-state index is -0.239. The van der Waals surface area contributed by atoms with Crippen molar-refractivity contribution in [2.24, 2.45) is 5.92 Å². The highest BCUT2D eigenvalue weighted by Gasteiger charge is 2.25. The number of anilines is 1. The number of hydrogen-bond acceptors (Lipinski definition) is 3. The molecule has 1 aromatic rings. The minimum absolute atomic E-state index is 0.0675. The first kappa shape index (κ1) is 14.9. The predicted octanol–water partition coefficient (Wildman–Crippen LogP) is 3.78. The largest absolute Gasteiger partial charge is 0.458 e. The molecule has 1 aliphatic rings. The molecule has 112 valence electrons. The molecule has 1 heterocycles. The Balaban J connectivity index is 2.04. The maximum absolute atomic E-state index is 12.3. The van der Waals surface area contributed by atoms with Gasteiger partial charge in [0.2, 0.25) is 0 Å². The number of nitrogens with two attached hydrogens (primary N) is 1. The Kier molecular flexibility index (Phi) is 4.73. The van der Waals surface area contributed by atoms with Crippen LogP contribution in [0.3, 0.4) is 0 Å². The summed E-state index contributed by atoms with van der Waals surface area (Å²) in [5, 5.41) is 0. The number of hydrogen-bond donors (Lipinski definition) is 1. The molecule has 2 atom stereocenters. The van der Waals surface area contributed by atoms with Crippen LogP contribution in [0.2, 0.25) is 0 Å². The van der Waals surface area contributed by atoms with Gasteiger partial charge in [-0.05, 0) is 45.1 Å². The summed E-state index contributed by atoms with van der Waals surface area (Å²) in [7, 11) is 0. The molecule has 4 heteroatoms. The number of carbonyl (C=O) groups excluding carboxylic acids is 1. The average molecular weight is 278 g/mol. The van der Waals surface area contributed by atoms with Crippen LogP contribution in [0.1, 0.15) is 69.4 Å². The highest BCUT2D eigenvalue weighted by Crippen LogP contribution is 2.29. The molecule has 4 nitrogen and oxygen atoms in total. The van der Waals surface area contributed by atoms with E-state index in [1.807, 2.05) is 18.4 Å². The zero-order valence-corrected chi connectivity index (χ0v) is 12.8. The molecule has 2 unspecified atom stereocenters. The third-order valence-electron chi connectivity index (χ3n) is 4.22. The molecule has 1 saturated carbocycles. The number of aromatic nitrogens is 1. The van der Waals surface area contributed by atoms with Gasteiger partial charge < -0.3 is 15.0 Å². The predicted molar refractivity (Wildman–Crippen MR) is 80.7 cm³/mol. The topological polar surface area (TPSA) is 57.2 Å². The molecule has 1 fully saturated rings. The van der Waals surface area contributed by atoms with Crippen molar-refractivity contribution in [3.05, 3.63) is 18.0 Å². The molecule has 1 aromatic heterocycles. The number of carbonyl (C=O) groups is 1. The highest BCUT2D eigenvalue weighted by atomic mass is 16.5. The Morgan fingerprint density at radius 3 is 2.90 bits per heavy atom. The second-order valence-electron chi connectivity index (χ2n) is 6.13. The van der Waals surface area contributed by atoms with Gasteiger partial charge in [-0.25, -0.2) is 4.79 Å². The molecular formula is C16H26N2O2. The van der Waals surface area contributed by atoms with Crippen molar-refractivity contribution in [3.63, 3.8) is 0 Å². The molecular weight excluding hydrogens is 252 g/mol. The Morgan fingerprint density at radius 1 is 1.50 bits per heavy atom. The number of ether oxygens (including phenoxy) is 1. The normalized spacial score (nSPS) is 23.0. The van der Waals surface area contributed by atoms with Gasteiger partial charge in [0.25, 0.3) is 0 Å². The Hall–Kier alpha value is -1.45. The lowest BCUT2D eigenvalue weighted by molar-refractivity contribution is 0.0127. The van der Waals surface area contributed by atoms with E-state index in [0.29, 0.717) is 17.3 Å². The molecule has 20 heavy (non-hydrogen) atoms. The Labute approximate surface area is 121 Å². The lowest BCUT2D eigenvalue weighted by atomic mass is 9.85. The van der Waals surface area contributed by atoms with Crippen molar-refractivity contribution in [1.29, 1.82) is 0 Å². The Bertz CT molecular complexity index is 465. The first-order chi connectivity index (χ1) is 9.51. The van der Waals surface area contributed by atoms with Crippen molar-refractivity contribution in [3.8, 4) is 0 Å². The van der Waals surface area contributed by atoms with Crippen molar-refractivity contribution < 1.29 is 9.53 Å². The zero-order valence-electron chi connectivity index (χ0n) is 12.8. The van der Waals surface area contributed by atoms with E-state index in [1.54, 1.807) is 12.3 Å². The number of esters is 1. The average Bonchev–Trinajstić information content (AvgIpc) is 2.81. The number of nitrogens with zero attached hydrogens (tertiary/aromatic N) is 1. The minimum Gasteiger partial charge on any atom is -0.458 e. The summed E-state index contributed by atoms with van der Waals surface area (Å²) in [5.74, 6) is 0.459. The van der Waals surface area contributed by atoms with Gasteiger partial charge in [-0.1, -0.05) is 19.8 Å². The first-order valence-corrected chi connectivity index (χ1v) is 7.69. The van der Waals surface area contributed by atoms with Crippen molar-refractivity contribution in [2.45, 2.75) is 65.0 Å². The molecule has 0 saturated heterocycles. The van der Waals surface area contributed by atoms with E-state index in [4.69, 9.17) is 10.5 Å².